The molecule has 4 nitrogen and oxygen atoms in total. The van der Waals surface area contributed by atoms with E-state index in [1.54, 1.807) is 0 Å². The Hall–Kier alpha value is -2.01. The minimum Gasteiger partial charge on any atom is -0.494 e. The maximum absolute atomic E-state index is 11.3. The highest BCUT2D eigenvalue weighted by Crippen LogP contribution is 2.42. The van der Waals surface area contributed by atoms with Crippen molar-refractivity contribution < 1.29 is 14.6 Å². The summed E-state index contributed by atoms with van der Waals surface area (Å²) >= 11 is 1.23. The maximum Gasteiger partial charge on any atom is 0.348 e. The Labute approximate surface area is 128 Å². The lowest BCUT2D eigenvalue weighted by Gasteiger charge is -2.10. The van der Waals surface area contributed by atoms with Gasteiger partial charge in [-0.2, -0.15) is 0 Å². The van der Waals surface area contributed by atoms with Crippen molar-refractivity contribution >= 4 is 23.0 Å². The Balaban J connectivity index is 2.52. The van der Waals surface area contributed by atoms with E-state index in [0.29, 0.717) is 12.3 Å². The molecule has 0 amide bonds. The number of aromatic carboxylic acids is 1. The number of nitrogens with two attached hydrogens (primary N) is 1. The molecule has 0 unspecified atom stereocenters. The largest absolute Gasteiger partial charge is 0.494 e. The number of anilines is 1. The third kappa shape index (κ3) is 3.03. The molecule has 1 aromatic carbocycles. The van der Waals surface area contributed by atoms with Crippen molar-refractivity contribution in [1.82, 2.24) is 0 Å². The Bertz CT molecular complexity index is 644. The van der Waals surface area contributed by atoms with Crippen LogP contribution in [0.15, 0.2) is 24.3 Å². The first-order valence-electron chi connectivity index (χ1n) is 6.84. The number of rotatable bonds is 5. The fraction of sp³-hybridized carbons (Fsp3) is 0.312. The van der Waals surface area contributed by atoms with Crippen molar-refractivity contribution in [3.8, 4) is 16.2 Å². The number of carboxylic acid groups (broad SMARTS) is 1. The van der Waals surface area contributed by atoms with Crippen molar-refractivity contribution in [1.29, 1.82) is 0 Å². The molecule has 0 fully saturated rings. The molecule has 3 N–H and O–H groups in total. The number of hydrogen-bond acceptors (Lipinski definition) is 4. The molecule has 0 radical (unpaired) electrons. The van der Waals surface area contributed by atoms with E-state index in [0.717, 1.165) is 21.8 Å². The summed E-state index contributed by atoms with van der Waals surface area (Å²) in [7, 11) is 0. The molecule has 2 aromatic rings. The summed E-state index contributed by atoms with van der Waals surface area (Å²) in [4.78, 5) is 12.4. The number of carbonyl (C=O) groups is 1. The molecule has 0 atom stereocenters. The van der Waals surface area contributed by atoms with E-state index in [4.69, 9.17) is 10.5 Å². The van der Waals surface area contributed by atoms with Crippen LogP contribution in [0.5, 0.6) is 5.75 Å². The van der Waals surface area contributed by atoms with Crippen molar-refractivity contribution in [3.63, 3.8) is 0 Å². The summed E-state index contributed by atoms with van der Waals surface area (Å²) < 4.78 is 5.43. The number of thiophene rings is 1. The smallest absolute Gasteiger partial charge is 0.348 e. The minimum absolute atomic E-state index is 0.163. The molecule has 0 aliphatic heterocycles. The van der Waals surface area contributed by atoms with E-state index in [9.17, 15) is 9.90 Å². The van der Waals surface area contributed by atoms with E-state index in [1.807, 2.05) is 45.0 Å². The van der Waals surface area contributed by atoms with Crippen LogP contribution in [0.1, 0.15) is 41.9 Å². The summed E-state index contributed by atoms with van der Waals surface area (Å²) in [6, 6.07) is 7.65. The second-order valence-corrected chi connectivity index (χ2v) is 6.03. The molecule has 0 saturated carbocycles. The molecule has 1 aromatic heterocycles. The zero-order valence-corrected chi connectivity index (χ0v) is 13.2. The lowest BCUT2D eigenvalue weighted by atomic mass is 9.98. The van der Waals surface area contributed by atoms with Gasteiger partial charge >= 0.3 is 5.97 Å². The highest BCUT2D eigenvalue weighted by molar-refractivity contribution is 7.18. The molecule has 5 heteroatoms. The molecule has 1 heterocycles. The number of benzene rings is 1. The number of nitrogen functional groups attached to an aromatic ring is 1. The van der Waals surface area contributed by atoms with Gasteiger partial charge in [-0.05, 0) is 48.2 Å². The zero-order valence-electron chi connectivity index (χ0n) is 12.3. The molecule has 0 aliphatic rings. The topological polar surface area (TPSA) is 72.5 Å². The van der Waals surface area contributed by atoms with Crippen LogP contribution in [-0.4, -0.2) is 17.7 Å². The molecular weight excluding hydrogens is 286 g/mol. The lowest BCUT2D eigenvalue weighted by Crippen LogP contribution is -2.00. The van der Waals surface area contributed by atoms with Gasteiger partial charge in [0.05, 0.1) is 12.3 Å². The fourth-order valence-electron chi connectivity index (χ4n) is 2.27. The molecule has 2 rings (SSSR count). The lowest BCUT2D eigenvalue weighted by molar-refractivity contribution is 0.0703. The molecule has 0 aliphatic carbocycles. The molecule has 21 heavy (non-hydrogen) atoms. The Morgan fingerprint density at radius 3 is 2.43 bits per heavy atom. The van der Waals surface area contributed by atoms with E-state index < -0.39 is 5.97 Å². The Morgan fingerprint density at radius 2 is 1.95 bits per heavy atom. The number of ether oxygens (including phenoxy) is 1. The second kappa shape index (κ2) is 6.18. The van der Waals surface area contributed by atoms with Crippen LogP contribution in [0.4, 0.5) is 5.69 Å². The Kier molecular flexibility index (Phi) is 4.53. The summed E-state index contributed by atoms with van der Waals surface area (Å²) in [5, 5.41) is 9.26. The fourth-order valence-corrected chi connectivity index (χ4v) is 3.49. The predicted octanol–water partition coefficient (Wildman–Crippen LogP) is 4.22. The molecule has 0 spiro atoms. The van der Waals surface area contributed by atoms with E-state index in [1.165, 1.54) is 11.3 Å². The third-order valence-corrected chi connectivity index (χ3v) is 4.44. The highest BCUT2D eigenvalue weighted by atomic mass is 32.1. The monoisotopic (exact) mass is 305 g/mol. The van der Waals surface area contributed by atoms with Crippen molar-refractivity contribution in [2.75, 3.05) is 12.3 Å². The second-order valence-electron chi connectivity index (χ2n) is 5.00. The van der Waals surface area contributed by atoms with Crippen molar-refractivity contribution in [2.24, 2.45) is 0 Å². The summed E-state index contributed by atoms with van der Waals surface area (Å²) in [6.07, 6.45) is 0. The van der Waals surface area contributed by atoms with Crippen molar-refractivity contribution in [2.45, 2.75) is 26.7 Å². The first-order valence-corrected chi connectivity index (χ1v) is 7.66. The van der Waals surface area contributed by atoms with Crippen LogP contribution in [-0.2, 0) is 0 Å². The standard InChI is InChI=1S/C16H19NO3S/c1-4-20-11-7-5-10(6-8-11)14-12(9(2)3)13(17)15(21-14)16(18)19/h5-9H,4,17H2,1-3H3,(H,18,19). The van der Waals surface area contributed by atoms with Crippen LogP contribution < -0.4 is 10.5 Å². The van der Waals surface area contributed by atoms with Crippen LogP contribution in [0, 0.1) is 0 Å². The number of hydrogen-bond donors (Lipinski definition) is 2. The average molecular weight is 305 g/mol. The van der Waals surface area contributed by atoms with E-state index >= 15 is 0 Å². The highest BCUT2D eigenvalue weighted by Gasteiger charge is 2.23. The zero-order chi connectivity index (χ0) is 15.6. The maximum atomic E-state index is 11.3. The predicted molar refractivity (Wildman–Crippen MR) is 86.4 cm³/mol. The van der Waals surface area contributed by atoms with Gasteiger partial charge in [0.25, 0.3) is 0 Å². The number of carboxylic acids is 1. The summed E-state index contributed by atoms with van der Waals surface area (Å²) in [5.74, 6) is -0.0113. The van der Waals surface area contributed by atoms with Gasteiger partial charge in [0.2, 0.25) is 0 Å². The van der Waals surface area contributed by atoms with Gasteiger partial charge in [-0.3, -0.25) is 0 Å². The Morgan fingerprint density at radius 1 is 1.33 bits per heavy atom. The van der Waals surface area contributed by atoms with Gasteiger partial charge in [-0.25, -0.2) is 4.79 Å². The van der Waals surface area contributed by atoms with Gasteiger partial charge in [-0.1, -0.05) is 13.8 Å². The van der Waals surface area contributed by atoms with E-state index in [2.05, 4.69) is 0 Å². The minimum atomic E-state index is -0.975. The summed E-state index contributed by atoms with van der Waals surface area (Å²) in [6.45, 7) is 6.58. The molecular formula is C16H19NO3S. The molecule has 112 valence electrons. The quantitative estimate of drug-likeness (QED) is 0.867. The third-order valence-electron chi connectivity index (χ3n) is 3.18. The first-order chi connectivity index (χ1) is 9.95. The van der Waals surface area contributed by atoms with Gasteiger partial charge in [0.15, 0.2) is 0 Å². The van der Waals surface area contributed by atoms with Crippen LogP contribution in [0.2, 0.25) is 0 Å². The van der Waals surface area contributed by atoms with Crippen LogP contribution in [0.25, 0.3) is 10.4 Å². The van der Waals surface area contributed by atoms with Gasteiger partial charge in [0, 0.05) is 4.88 Å². The average Bonchev–Trinajstić information content (AvgIpc) is 2.78. The van der Waals surface area contributed by atoms with Crippen molar-refractivity contribution in [3.05, 3.63) is 34.7 Å². The van der Waals surface area contributed by atoms with Gasteiger partial charge < -0.3 is 15.6 Å². The summed E-state index contributed by atoms with van der Waals surface area (Å²) in [5.41, 5.74) is 8.28. The molecule has 0 bridgehead atoms. The SMILES string of the molecule is CCOc1ccc(-c2sc(C(=O)O)c(N)c2C(C)C)cc1. The normalized spacial score (nSPS) is 10.9. The van der Waals surface area contributed by atoms with Gasteiger partial charge in [0.1, 0.15) is 10.6 Å². The van der Waals surface area contributed by atoms with Crippen LogP contribution in [0.3, 0.4) is 0 Å². The van der Waals surface area contributed by atoms with Crippen LogP contribution >= 0.6 is 11.3 Å². The molecule has 0 saturated heterocycles. The van der Waals surface area contributed by atoms with Gasteiger partial charge in [-0.15, -0.1) is 11.3 Å². The van der Waals surface area contributed by atoms with E-state index in [-0.39, 0.29) is 10.8 Å². The first kappa shape index (κ1) is 15.4.